The Morgan fingerprint density at radius 2 is 2.06 bits per heavy atom. The van der Waals surface area contributed by atoms with Crippen LogP contribution in [0.5, 0.6) is 5.88 Å². The van der Waals surface area contributed by atoms with E-state index in [-0.39, 0.29) is 12.1 Å². The SMILES string of the molecule is CCO/N=C/c1c(N)ncnc1N1CCN(C(=O)Nc2ccc(OC3CCC3)nc2)CC1. The van der Waals surface area contributed by atoms with Gasteiger partial charge in [-0.25, -0.2) is 19.7 Å². The zero-order chi connectivity index (χ0) is 22.3. The highest BCUT2D eigenvalue weighted by Crippen LogP contribution is 2.25. The number of urea groups is 1. The molecule has 170 valence electrons. The van der Waals surface area contributed by atoms with E-state index in [1.807, 2.05) is 13.0 Å². The molecule has 1 saturated carbocycles. The molecule has 2 amide bonds. The van der Waals surface area contributed by atoms with Gasteiger partial charge in [0.15, 0.2) is 0 Å². The number of amides is 2. The highest BCUT2D eigenvalue weighted by Gasteiger charge is 2.24. The number of anilines is 3. The smallest absolute Gasteiger partial charge is 0.322 e. The molecule has 2 aromatic rings. The molecule has 3 heterocycles. The molecule has 0 aromatic carbocycles. The zero-order valence-electron chi connectivity index (χ0n) is 18.1. The molecule has 11 heteroatoms. The minimum absolute atomic E-state index is 0.167. The summed E-state index contributed by atoms with van der Waals surface area (Å²) in [5, 5.41) is 6.79. The van der Waals surface area contributed by atoms with Crippen LogP contribution in [0.1, 0.15) is 31.7 Å². The molecule has 1 saturated heterocycles. The van der Waals surface area contributed by atoms with Crippen LogP contribution in [0.4, 0.5) is 22.1 Å². The van der Waals surface area contributed by atoms with Gasteiger partial charge in [0.1, 0.15) is 30.7 Å². The fourth-order valence-corrected chi connectivity index (χ4v) is 3.45. The molecule has 0 bridgehead atoms. The summed E-state index contributed by atoms with van der Waals surface area (Å²) in [6, 6.07) is 3.43. The second-order valence-corrected chi connectivity index (χ2v) is 7.61. The first-order valence-corrected chi connectivity index (χ1v) is 10.8. The monoisotopic (exact) mass is 440 g/mol. The van der Waals surface area contributed by atoms with Gasteiger partial charge in [0.05, 0.1) is 23.7 Å². The number of hydrogen-bond donors (Lipinski definition) is 2. The summed E-state index contributed by atoms with van der Waals surface area (Å²) in [5.74, 6) is 1.59. The van der Waals surface area contributed by atoms with Crippen LogP contribution >= 0.6 is 0 Å². The van der Waals surface area contributed by atoms with E-state index >= 15 is 0 Å². The number of oxime groups is 1. The van der Waals surface area contributed by atoms with E-state index in [2.05, 4.69) is 30.3 Å². The molecule has 2 fully saturated rings. The summed E-state index contributed by atoms with van der Waals surface area (Å²) in [6.45, 7) is 4.58. The lowest BCUT2D eigenvalue weighted by molar-refractivity contribution is 0.114. The molecular formula is C21H28N8O3. The van der Waals surface area contributed by atoms with Crippen molar-refractivity contribution in [2.75, 3.05) is 48.7 Å². The average molecular weight is 441 g/mol. The molecule has 0 unspecified atom stereocenters. The summed E-state index contributed by atoms with van der Waals surface area (Å²) < 4.78 is 5.75. The van der Waals surface area contributed by atoms with Gasteiger partial charge in [-0.15, -0.1) is 0 Å². The van der Waals surface area contributed by atoms with E-state index in [1.165, 1.54) is 19.0 Å². The third kappa shape index (κ3) is 5.16. The Kier molecular flexibility index (Phi) is 6.83. The molecule has 32 heavy (non-hydrogen) atoms. The first-order chi connectivity index (χ1) is 15.6. The predicted octanol–water partition coefficient (Wildman–Crippen LogP) is 2.11. The Morgan fingerprint density at radius 3 is 2.72 bits per heavy atom. The summed E-state index contributed by atoms with van der Waals surface area (Å²) in [5.41, 5.74) is 7.25. The number of carbonyl (C=O) groups excluding carboxylic acids is 1. The third-order valence-electron chi connectivity index (χ3n) is 5.47. The lowest BCUT2D eigenvalue weighted by Gasteiger charge is -2.35. The lowest BCUT2D eigenvalue weighted by Crippen LogP contribution is -2.50. The van der Waals surface area contributed by atoms with Crippen LogP contribution in [0.15, 0.2) is 29.8 Å². The quantitative estimate of drug-likeness (QED) is 0.494. The van der Waals surface area contributed by atoms with Gasteiger partial charge >= 0.3 is 6.03 Å². The van der Waals surface area contributed by atoms with Gasteiger partial charge in [0.2, 0.25) is 5.88 Å². The largest absolute Gasteiger partial charge is 0.474 e. The van der Waals surface area contributed by atoms with Crippen molar-refractivity contribution >= 4 is 29.6 Å². The van der Waals surface area contributed by atoms with Gasteiger partial charge < -0.3 is 30.4 Å². The summed E-state index contributed by atoms with van der Waals surface area (Å²) in [7, 11) is 0. The predicted molar refractivity (Wildman–Crippen MR) is 121 cm³/mol. The minimum atomic E-state index is -0.167. The molecule has 0 radical (unpaired) electrons. The number of rotatable bonds is 7. The van der Waals surface area contributed by atoms with Crippen LogP contribution in [0, 0.1) is 0 Å². The second-order valence-electron chi connectivity index (χ2n) is 7.61. The maximum absolute atomic E-state index is 12.7. The van der Waals surface area contributed by atoms with Crippen molar-refractivity contribution in [3.63, 3.8) is 0 Å². The zero-order valence-corrected chi connectivity index (χ0v) is 18.1. The topological polar surface area (TPSA) is 131 Å². The minimum Gasteiger partial charge on any atom is -0.474 e. The molecule has 3 N–H and O–H groups in total. The molecule has 0 atom stereocenters. The van der Waals surface area contributed by atoms with Crippen molar-refractivity contribution in [3.05, 3.63) is 30.2 Å². The number of ether oxygens (including phenoxy) is 1. The van der Waals surface area contributed by atoms with Crippen LogP contribution < -0.4 is 20.7 Å². The van der Waals surface area contributed by atoms with E-state index in [0.29, 0.717) is 61.6 Å². The summed E-state index contributed by atoms with van der Waals surface area (Å²) >= 11 is 0. The Labute approximate surface area is 186 Å². The number of hydrogen-bond acceptors (Lipinski definition) is 9. The van der Waals surface area contributed by atoms with Gasteiger partial charge in [-0.05, 0) is 32.3 Å². The molecule has 11 nitrogen and oxygen atoms in total. The van der Waals surface area contributed by atoms with Gasteiger partial charge in [0.25, 0.3) is 0 Å². The lowest BCUT2D eigenvalue weighted by atomic mass is 9.96. The van der Waals surface area contributed by atoms with Crippen LogP contribution in [-0.2, 0) is 4.84 Å². The van der Waals surface area contributed by atoms with Crippen LogP contribution in [0.25, 0.3) is 0 Å². The van der Waals surface area contributed by atoms with E-state index in [0.717, 1.165) is 12.8 Å². The van der Waals surface area contributed by atoms with Crippen molar-refractivity contribution in [1.82, 2.24) is 19.9 Å². The number of pyridine rings is 1. The van der Waals surface area contributed by atoms with E-state index in [1.54, 1.807) is 17.2 Å². The van der Waals surface area contributed by atoms with Gasteiger partial charge in [-0.3, -0.25) is 0 Å². The standard InChI is InChI=1S/C21H28N8O3/c1-2-31-26-13-17-19(22)24-14-25-20(17)28-8-10-29(11-9-28)21(30)27-15-6-7-18(23-12-15)32-16-4-3-5-16/h6-7,12-14,16H,2-5,8-11H2,1H3,(H,27,30)(H2,22,24,25)/b26-13+. The Hall–Kier alpha value is -3.63. The van der Waals surface area contributed by atoms with Crippen molar-refractivity contribution in [1.29, 1.82) is 0 Å². The Balaban J connectivity index is 1.31. The molecule has 2 aromatic heterocycles. The number of piperazine rings is 1. The fourth-order valence-electron chi connectivity index (χ4n) is 3.45. The third-order valence-corrected chi connectivity index (χ3v) is 5.47. The Bertz CT molecular complexity index is 941. The number of nitrogens with one attached hydrogen (secondary N) is 1. The van der Waals surface area contributed by atoms with E-state index in [9.17, 15) is 4.79 Å². The van der Waals surface area contributed by atoms with Crippen molar-refractivity contribution < 1.29 is 14.4 Å². The molecule has 2 aliphatic rings. The average Bonchev–Trinajstić information content (AvgIpc) is 2.78. The van der Waals surface area contributed by atoms with Crippen LogP contribution in [0.2, 0.25) is 0 Å². The molecule has 1 aliphatic carbocycles. The number of nitrogens with two attached hydrogens (primary N) is 1. The molecule has 4 rings (SSSR count). The first kappa shape index (κ1) is 21.6. The van der Waals surface area contributed by atoms with Crippen LogP contribution in [-0.4, -0.2) is 71.0 Å². The molecular weight excluding hydrogens is 412 g/mol. The van der Waals surface area contributed by atoms with Gasteiger partial charge in [0, 0.05) is 32.2 Å². The maximum atomic E-state index is 12.7. The summed E-state index contributed by atoms with van der Waals surface area (Å²) in [4.78, 5) is 34.2. The van der Waals surface area contributed by atoms with Crippen molar-refractivity contribution in [3.8, 4) is 5.88 Å². The maximum Gasteiger partial charge on any atom is 0.322 e. The number of aromatic nitrogens is 3. The van der Waals surface area contributed by atoms with Crippen molar-refractivity contribution in [2.45, 2.75) is 32.3 Å². The van der Waals surface area contributed by atoms with Crippen LogP contribution in [0.3, 0.4) is 0 Å². The number of carbonyl (C=O) groups is 1. The highest BCUT2D eigenvalue weighted by molar-refractivity contribution is 5.92. The van der Waals surface area contributed by atoms with E-state index < -0.39 is 0 Å². The normalized spacial score (nSPS) is 16.7. The van der Waals surface area contributed by atoms with Crippen molar-refractivity contribution in [2.24, 2.45) is 5.16 Å². The number of nitrogen functional groups attached to an aromatic ring is 1. The second kappa shape index (κ2) is 10.1. The van der Waals surface area contributed by atoms with Gasteiger partial charge in [-0.2, -0.15) is 0 Å². The Morgan fingerprint density at radius 1 is 1.25 bits per heavy atom. The number of nitrogens with zero attached hydrogens (tertiary/aromatic N) is 6. The highest BCUT2D eigenvalue weighted by atomic mass is 16.6. The summed E-state index contributed by atoms with van der Waals surface area (Å²) in [6.07, 6.45) is 8.21. The van der Waals surface area contributed by atoms with E-state index in [4.69, 9.17) is 15.3 Å². The fraction of sp³-hybridized carbons (Fsp3) is 0.476. The first-order valence-electron chi connectivity index (χ1n) is 10.8. The molecule has 0 spiro atoms. The molecule has 1 aliphatic heterocycles. The van der Waals surface area contributed by atoms with Gasteiger partial charge in [-0.1, -0.05) is 5.16 Å².